The van der Waals surface area contributed by atoms with E-state index in [1.165, 1.54) is 0 Å². The van der Waals surface area contributed by atoms with Crippen LogP contribution in [0.2, 0.25) is 5.02 Å². The third-order valence-corrected chi connectivity index (χ3v) is 6.02. The van der Waals surface area contributed by atoms with Crippen LogP contribution in [0.5, 0.6) is 0 Å². The summed E-state index contributed by atoms with van der Waals surface area (Å²) in [6, 6.07) is 17.6. The van der Waals surface area contributed by atoms with Crippen LogP contribution in [0.1, 0.15) is 42.6 Å². The fourth-order valence-electron chi connectivity index (χ4n) is 3.13. The highest BCUT2D eigenvalue weighted by atomic mass is 35.5. The molecule has 1 fully saturated rings. The number of para-hydroxylation sites is 1. The van der Waals surface area contributed by atoms with Gasteiger partial charge in [0.25, 0.3) is 0 Å². The Labute approximate surface area is 177 Å². The Morgan fingerprint density at radius 1 is 1.03 bits per heavy atom. The molecule has 2 heterocycles. The SMILES string of the molecule is C[C@@H](Sc1nnc(C2CC2)n1-c1ccccc1)c1nnc(-c2cccc(Cl)c2)o1. The monoisotopic (exact) mass is 423 g/mol. The molecule has 146 valence electrons. The average Bonchev–Trinajstić information content (AvgIpc) is 3.31. The predicted molar refractivity (Wildman–Crippen MR) is 112 cm³/mol. The van der Waals surface area contributed by atoms with Crippen molar-refractivity contribution in [2.75, 3.05) is 0 Å². The Hall–Kier alpha value is -2.64. The maximum atomic E-state index is 6.07. The molecule has 1 atom stereocenters. The van der Waals surface area contributed by atoms with Crippen LogP contribution in [-0.4, -0.2) is 25.0 Å². The molecule has 6 nitrogen and oxygen atoms in total. The van der Waals surface area contributed by atoms with Crippen molar-refractivity contribution >= 4 is 23.4 Å². The van der Waals surface area contributed by atoms with E-state index in [0.717, 1.165) is 35.1 Å². The van der Waals surface area contributed by atoms with Crippen LogP contribution < -0.4 is 0 Å². The number of nitrogens with zero attached hydrogens (tertiary/aromatic N) is 5. The second kappa shape index (κ2) is 7.65. The van der Waals surface area contributed by atoms with E-state index < -0.39 is 0 Å². The van der Waals surface area contributed by atoms with Crippen molar-refractivity contribution in [3.8, 4) is 17.1 Å². The summed E-state index contributed by atoms with van der Waals surface area (Å²) in [5.74, 6) is 2.51. The normalized spacial score (nSPS) is 14.8. The van der Waals surface area contributed by atoms with Crippen molar-refractivity contribution < 1.29 is 4.42 Å². The first-order valence-electron chi connectivity index (χ1n) is 9.46. The lowest BCUT2D eigenvalue weighted by molar-refractivity contribution is 0.509. The first-order valence-corrected chi connectivity index (χ1v) is 10.7. The van der Waals surface area contributed by atoms with Crippen LogP contribution in [0, 0.1) is 0 Å². The first-order chi connectivity index (χ1) is 14.2. The predicted octanol–water partition coefficient (Wildman–Crippen LogP) is 5.70. The van der Waals surface area contributed by atoms with Gasteiger partial charge in [-0.2, -0.15) is 0 Å². The molecule has 2 aromatic heterocycles. The number of benzene rings is 2. The van der Waals surface area contributed by atoms with E-state index in [0.29, 0.717) is 22.7 Å². The number of aromatic nitrogens is 5. The van der Waals surface area contributed by atoms with Crippen molar-refractivity contribution in [3.63, 3.8) is 0 Å². The summed E-state index contributed by atoms with van der Waals surface area (Å²) in [4.78, 5) is 0. The lowest BCUT2D eigenvalue weighted by Gasteiger charge is -2.11. The second-order valence-electron chi connectivity index (χ2n) is 7.00. The molecule has 4 aromatic rings. The minimum atomic E-state index is -0.0749. The van der Waals surface area contributed by atoms with Gasteiger partial charge >= 0.3 is 0 Å². The zero-order valence-electron chi connectivity index (χ0n) is 15.7. The molecule has 0 saturated heterocycles. The van der Waals surface area contributed by atoms with E-state index >= 15 is 0 Å². The van der Waals surface area contributed by atoms with Crippen molar-refractivity contribution in [1.29, 1.82) is 0 Å². The summed E-state index contributed by atoms with van der Waals surface area (Å²) in [6.07, 6.45) is 2.33. The molecular formula is C21H18ClN5OS. The van der Waals surface area contributed by atoms with Gasteiger partial charge in [0.05, 0.1) is 5.25 Å². The van der Waals surface area contributed by atoms with Crippen LogP contribution in [-0.2, 0) is 0 Å². The van der Waals surface area contributed by atoms with Gasteiger partial charge in [-0.3, -0.25) is 4.57 Å². The largest absolute Gasteiger partial charge is 0.419 e. The van der Waals surface area contributed by atoms with Crippen LogP contribution in [0.3, 0.4) is 0 Å². The molecule has 0 radical (unpaired) electrons. The van der Waals surface area contributed by atoms with Crippen LogP contribution >= 0.6 is 23.4 Å². The average molecular weight is 424 g/mol. The summed E-state index contributed by atoms with van der Waals surface area (Å²) >= 11 is 7.63. The molecule has 0 spiro atoms. The van der Waals surface area contributed by atoms with Crippen molar-refractivity contribution in [3.05, 3.63) is 71.3 Å². The van der Waals surface area contributed by atoms with Gasteiger partial charge in [0, 0.05) is 22.2 Å². The molecule has 29 heavy (non-hydrogen) atoms. The molecular weight excluding hydrogens is 406 g/mol. The summed E-state index contributed by atoms with van der Waals surface area (Å²) in [6.45, 7) is 2.03. The summed E-state index contributed by atoms with van der Waals surface area (Å²) in [5, 5.41) is 18.7. The van der Waals surface area contributed by atoms with Crippen LogP contribution in [0.25, 0.3) is 17.1 Å². The number of halogens is 1. The van der Waals surface area contributed by atoms with E-state index in [4.69, 9.17) is 16.0 Å². The van der Waals surface area contributed by atoms with Gasteiger partial charge in [-0.25, -0.2) is 0 Å². The lowest BCUT2D eigenvalue weighted by Crippen LogP contribution is -2.02. The third-order valence-electron chi connectivity index (χ3n) is 4.76. The Morgan fingerprint density at radius 2 is 1.86 bits per heavy atom. The summed E-state index contributed by atoms with van der Waals surface area (Å²) in [5.41, 5.74) is 1.87. The fraction of sp³-hybridized carbons (Fsp3) is 0.238. The summed E-state index contributed by atoms with van der Waals surface area (Å²) < 4.78 is 8.06. The third kappa shape index (κ3) is 3.80. The molecule has 0 bridgehead atoms. The topological polar surface area (TPSA) is 69.6 Å². The number of hydrogen-bond donors (Lipinski definition) is 0. The molecule has 0 unspecified atom stereocenters. The van der Waals surface area contributed by atoms with Crippen LogP contribution in [0.4, 0.5) is 0 Å². The molecule has 0 aliphatic heterocycles. The smallest absolute Gasteiger partial charge is 0.247 e. The maximum absolute atomic E-state index is 6.07. The molecule has 2 aromatic carbocycles. The van der Waals surface area contributed by atoms with Gasteiger partial charge in [0.15, 0.2) is 5.16 Å². The number of thioether (sulfide) groups is 1. The maximum Gasteiger partial charge on any atom is 0.247 e. The van der Waals surface area contributed by atoms with Gasteiger partial charge in [0.1, 0.15) is 5.82 Å². The molecule has 0 N–H and O–H groups in total. The number of hydrogen-bond acceptors (Lipinski definition) is 6. The van der Waals surface area contributed by atoms with Gasteiger partial charge in [0.2, 0.25) is 11.8 Å². The van der Waals surface area contributed by atoms with Gasteiger partial charge in [-0.15, -0.1) is 20.4 Å². The standard InChI is InChI=1S/C21H18ClN5OS/c1-13(19-24-25-20(28-19)15-6-5-7-16(22)12-15)29-21-26-23-18(14-10-11-14)27(21)17-8-3-2-4-9-17/h2-9,12-14H,10-11H2,1H3/t13-/m1/s1. The Morgan fingerprint density at radius 3 is 2.62 bits per heavy atom. The zero-order chi connectivity index (χ0) is 19.8. The van der Waals surface area contributed by atoms with E-state index in [1.807, 2.05) is 49.4 Å². The van der Waals surface area contributed by atoms with E-state index in [9.17, 15) is 0 Å². The van der Waals surface area contributed by atoms with E-state index in [2.05, 4.69) is 37.1 Å². The lowest BCUT2D eigenvalue weighted by atomic mass is 10.2. The minimum Gasteiger partial charge on any atom is -0.419 e. The van der Waals surface area contributed by atoms with Crippen LogP contribution in [0.15, 0.2) is 64.2 Å². The Bertz CT molecular complexity index is 1140. The minimum absolute atomic E-state index is 0.0749. The highest BCUT2D eigenvalue weighted by molar-refractivity contribution is 7.99. The van der Waals surface area contributed by atoms with Crippen molar-refractivity contribution in [2.24, 2.45) is 0 Å². The van der Waals surface area contributed by atoms with Crippen molar-refractivity contribution in [2.45, 2.75) is 36.1 Å². The van der Waals surface area contributed by atoms with Gasteiger partial charge in [-0.1, -0.05) is 47.6 Å². The summed E-state index contributed by atoms with van der Waals surface area (Å²) in [7, 11) is 0. The highest BCUT2D eigenvalue weighted by Gasteiger charge is 2.31. The number of rotatable bonds is 6. The second-order valence-corrected chi connectivity index (χ2v) is 8.75. The molecule has 1 aliphatic carbocycles. The Balaban J connectivity index is 1.42. The molecule has 1 saturated carbocycles. The molecule has 1 aliphatic rings. The van der Waals surface area contributed by atoms with Crippen molar-refractivity contribution in [1.82, 2.24) is 25.0 Å². The Kier molecular flexibility index (Phi) is 4.85. The zero-order valence-corrected chi connectivity index (χ0v) is 17.3. The first kappa shape index (κ1) is 18.4. The van der Waals surface area contributed by atoms with E-state index in [1.54, 1.807) is 11.8 Å². The van der Waals surface area contributed by atoms with Gasteiger partial charge in [-0.05, 0) is 50.1 Å². The quantitative estimate of drug-likeness (QED) is 0.370. The molecule has 0 amide bonds. The fourth-order valence-corrected chi connectivity index (χ4v) is 4.22. The van der Waals surface area contributed by atoms with Gasteiger partial charge < -0.3 is 4.42 Å². The molecule has 8 heteroatoms. The molecule has 5 rings (SSSR count). The highest BCUT2D eigenvalue weighted by Crippen LogP contribution is 2.43. The van der Waals surface area contributed by atoms with E-state index in [-0.39, 0.29) is 5.25 Å².